The van der Waals surface area contributed by atoms with Crippen molar-refractivity contribution < 1.29 is 97.4 Å². The Morgan fingerprint density at radius 3 is 1.71 bits per heavy atom. The number of hydrogen-bond donors (Lipinski definition) is 16. The van der Waals surface area contributed by atoms with Gasteiger partial charge in [0.25, 0.3) is 0 Å². The number of nitrogens with one attached hydrogen (secondary N) is 9. The predicted molar refractivity (Wildman–Crippen MR) is 388 cm³/mol. The standard InChI is InChI=1S/C74H114N12O20/c1-7-44(5)63-74(105)106-50-30-26-47(27-31-50)41-57(82-65(96)52(22-18-38-75)79-66(97)53(33-36-61(92)93)77-60(91)42-49(89)21-17-15-13-11-9-10-12-14-16-20-43(3)4)70(101)85-64(45(6)87)72(103)81-55(34-37-62(94)95)67(98)78-51(8-2)73(104)86-39-19-23-58(86)71(102)80-54(32-35-59(76)90)68(99)83-56(69(100)84-63)40-46-24-28-48(88)29-25-46/h24-31,43-45,49,51-58,63-64,87-89H,7-23,32-42,75H2,1-6H3,(H2,76,90)(H,77,91)(H,78,98)(H,79,97)(H,80,102)(H,81,103)(H,82,96)(H,83,99)(H,84,100)(H,85,101)(H,92,93)(H,94,95)/t44-,45+,49-,51+,52-,53-,54+,55-,56+,57+,58+,63+,64-/m1/s1. The summed E-state index contributed by atoms with van der Waals surface area (Å²) in [6, 6.07) is -4.81. The molecule has 106 heavy (non-hydrogen) atoms. The fourth-order valence-electron chi connectivity index (χ4n) is 12.4. The molecule has 2 aromatic carbocycles. The summed E-state index contributed by atoms with van der Waals surface area (Å²) in [5.41, 5.74) is 12.1. The van der Waals surface area contributed by atoms with E-state index in [1.807, 2.05) is 0 Å². The van der Waals surface area contributed by atoms with Crippen LogP contribution in [0.2, 0.25) is 0 Å². The minimum Gasteiger partial charge on any atom is -0.508 e. The van der Waals surface area contributed by atoms with Crippen LogP contribution in [0, 0.1) is 11.8 Å². The summed E-state index contributed by atoms with van der Waals surface area (Å²) in [4.78, 5) is 195. The molecule has 2 aromatic rings. The van der Waals surface area contributed by atoms with Crippen LogP contribution in [0.5, 0.6) is 11.5 Å². The highest BCUT2D eigenvalue weighted by Crippen LogP contribution is 2.23. The summed E-state index contributed by atoms with van der Waals surface area (Å²) in [5.74, 6) is -14.6. The lowest BCUT2D eigenvalue weighted by Crippen LogP contribution is -2.62. The number of esters is 1. The summed E-state index contributed by atoms with van der Waals surface area (Å²) < 4.78 is 5.83. The van der Waals surface area contributed by atoms with Crippen molar-refractivity contribution in [1.29, 1.82) is 0 Å². The fraction of sp³-hybridized carbons (Fsp3) is 0.649. The number of fused-ring (bicyclic) bond motifs is 23. The molecule has 13 atom stereocenters. The number of phenols is 1. The molecule has 0 radical (unpaired) electrons. The molecule has 3 heterocycles. The number of carbonyl (C=O) groups excluding carboxylic acids is 12. The first-order valence-corrected chi connectivity index (χ1v) is 37.2. The number of carboxylic acids is 2. The van der Waals surface area contributed by atoms with Crippen molar-refractivity contribution in [2.45, 2.75) is 281 Å². The number of carboxylic acid groups (broad SMARTS) is 2. The van der Waals surface area contributed by atoms with Gasteiger partial charge in [0.05, 0.1) is 18.6 Å². The summed E-state index contributed by atoms with van der Waals surface area (Å²) in [5, 5.41) is 74.4. The molecule has 0 spiro atoms. The number of benzene rings is 2. The van der Waals surface area contributed by atoms with Gasteiger partial charge in [0.15, 0.2) is 0 Å². The van der Waals surface area contributed by atoms with E-state index in [0.29, 0.717) is 30.7 Å². The predicted octanol–water partition coefficient (Wildman–Crippen LogP) is 1.72. The second-order valence-electron chi connectivity index (χ2n) is 28.1. The highest BCUT2D eigenvalue weighted by molar-refractivity contribution is 5.99. The van der Waals surface area contributed by atoms with E-state index in [9.17, 15) is 92.7 Å². The van der Waals surface area contributed by atoms with E-state index in [1.165, 1.54) is 81.1 Å². The van der Waals surface area contributed by atoms with E-state index >= 15 is 0 Å². The Labute approximate surface area is 619 Å². The summed E-state index contributed by atoms with van der Waals surface area (Å²) in [6.45, 7) is 10.4. The molecule has 32 nitrogen and oxygen atoms in total. The Bertz CT molecular complexity index is 3250. The highest BCUT2D eigenvalue weighted by atomic mass is 16.5. The molecule has 1 fully saturated rings. The molecule has 590 valence electrons. The Hall–Kier alpha value is -9.30. The number of amides is 11. The zero-order chi connectivity index (χ0) is 78.6. The van der Waals surface area contributed by atoms with Gasteiger partial charge < -0.3 is 94.5 Å². The van der Waals surface area contributed by atoms with E-state index in [2.05, 4.69) is 61.7 Å². The zero-order valence-electron chi connectivity index (χ0n) is 62.0. The molecule has 32 heteroatoms. The number of carbonyl (C=O) groups is 14. The number of ether oxygens (including phenoxy) is 1. The molecule has 0 aromatic heterocycles. The lowest BCUT2D eigenvalue weighted by Gasteiger charge is -2.31. The van der Waals surface area contributed by atoms with Crippen molar-refractivity contribution in [2.75, 3.05) is 13.1 Å². The maximum atomic E-state index is 14.8. The molecule has 3 aliphatic heterocycles. The number of phenolic OH excluding ortho intramolecular Hbond substituents is 1. The molecule has 11 amide bonds. The van der Waals surface area contributed by atoms with E-state index in [0.717, 1.165) is 43.9 Å². The number of unbranched alkanes of at least 4 members (excludes halogenated alkanes) is 8. The fourth-order valence-corrected chi connectivity index (χ4v) is 12.4. The summed E-state index contributed by atoms with van der Waals surface area (Å²) >= 11 is 0. The van der Waals surface area contributed by atoms with Gasteiger partial charge >= 0.3 is 17.9 Å². The first-order valence-electron chi connectivity index (χ1n) is 37.2. The molecule has 0 aliphatic carbocycles. The molecule has 5 rings (SSSR count). The Balaban J connectivity index is 1.75. The van der Waals surface area contributed by atoms with Gasteiger partial charge in [0.1, 0.15) is 71.9 Å². The Morgan fingerprint density at radius 2 is 1.14 bits per heavy atom. The lowest BCUT2D eigenvalue weighted by molar-refractivity contribution is -0.143. The van der Waals surface area contributed by atoms with E-state index in [1.54, 1.807) is 13.8 Å². The Kier molecular flexibility index (Phi) is 39.2. The van der Waals surface area contributed by atoms with Crippen LogP contribution in [0.3, 0.4) is 0 Å². The topological polar surface area (TPSA) is 513 Å². The lowest BCUT2D eigenvalue weighted by atomic mass is 9.97. The van der Waals surface area contributed by atoms with Crippen LogP contribution in [-0.2, 0) is 80.0 Å². The van der Waals surface area contributed by atoms with Gasteiger partial charge in [-0.05, 0) is 118 Å². The third kappa shape index (κ3) is 31.8. The molecule has 0 unspecified atom stereocenters. The van der Waals surface area contributed by atoms with Crippen LogP contribution in [0.4, 0.5) is 0 Å². The average Bonchev–Trinajstić information content (AvgIpc) is 1.62. The zero-order valence-corrected chi connectivity index (χ0v) is 62.0. The van der Waals surface area contributed by atoms with Crippen LogP contribution in [0.1, 0.15) is 207 Å². The van der Waals surface area contributed by atoms with Crippen molar-refractivity contribution in [3.63, 3.8) is 0 Å². The average molecular weight is 1490 g/mol. The number of nitrogens with two attached hydrogens (primary N) is 2. The summed E-state index contributed by atoms with van der Waals surface area (Å²) in [7, 11) is 0. The molecule has 3 aliphatic rings. The molecular weight excluding hydrogens is 1380 g/mol. The van der Waals surface area contributed by atoms with E-state index in [4.69, 9.17) is 16.2 Å². The quantitative estimate of drug-likeness (QED) is 0.0198. The van der Waals surface area contributed by atoms with Gasteiger partial charge in [-0.3, -0.25) is 62.3 Å². The maximum absolute atomic E-state index is 14.8. The third-order valence-electron chi connectivity index (χ3n) is 18.9. The normalized spacial score (nSPS) is 21.8. The number of primary amides is 1. The van der Waals surface area contributed by atoms with Gasteiger partial charge in [-0.1, -0.05) is 130 Å². The Morgan fingerprint density at radius 1 is 0.594 bits per heavy atom. The van der Waals surface area contributed by atoms with Crippen molar-refractivity contribution >= 4 is 82.9 Å². The second kappa shape index (κ2) is 46.6. The molecule has 1 saturated heterocycles. The SMILES string of the molecule is CC[C@@H]1NC(=O)[C@@H](CCC(=O)O)NC(=O)[C@@H]([C@H](C)O)NC(=O)[C@@H](NC(=O)[C@@H](CCCN)NC(=O)[C@@H](CCC(=O)O)NC(=O)C[C@H](O)CCCCCCCCCCCC(C)C)Cc2ccc(cc2)OC(=O)[C@H]([C@H](C)CC)NC(=O)[C@H](Cc2ccc(O)cc2)NC(=O)[C@H](CCC(N)=O)NC(=O)[C@@H]2CCCN2C1=O. The van der Waals surface area contributed by atoms with Gasteiger partial charge in [-0.2, -0.15) is 0 Å². The van der Waals surface area contributed by atoms with E-state index < -0.39 is 213 Å². The van der Waals surface area contributed by atoms with Crippen molar-refractivity contribution in [3.8, 4) is 11.5 Å². The van der Waals surface area contributed by atoms with Crippen LogP contribution >= 0.6 is 0 Å². The van der Waals surface area contributed by atoms with Crippen LogP contribution in [-0.4, -0.2) is 199 Å². The van der Waals surface area contributed by atoms with Gasteiger partial charge in [-0.15, -0.1) is 0 Å². The molecular formula is C74H114N12O20. The number of rotatable bonds is 37. The smallest absolute Gasteiger partial charge is 0.334 e. The summed E-state index contributed by atoms with van der Waals surface area (Å²) in [6.07, 6.45) is 3.96. The molecule has 0 saturated carbocycles. The van der Waals surface area contributed by atoms with Gasteiger partial charge in [-0.25, -0.2) is 4.79 Å². The van der Waals surface area contributed by atoms with Gasteiger partial charge in [0, 0.05) is 38.6 Å². The number of aliphatic hydroxyl groups is 2. The van der Waals surface area contributed by atoms with Crippen molar-refractivity contribution in [2.24, 2.45) is 23.3 Å². The number of aliphatic carboxylic acids is 2. The number of nitrogens with zero attached hydrogens (tertiary/aromatic N) is 1. The first-order chi connectivity index (χ1) is 50.3. The van der Waals surface area contributed by atoms with E-state index in [-0.39, 0.29) is 68.7 Å². The minimum absolute atomic E-state index is 0.0226. The monoisotopic (exact) mass is 1490 g/mol. The molecule has 18 N–H and O–H groups in total. The maximum Gasteiger partial charge on any atom is 0.334 e. The number of hydrogen-bond acceptors (Lipinski definition) is 19. The van der Waals surface area contributed by atoms with Crippen LogP contribution in [0.15, 0.2) is 48.5 Å². The highest BCUT2D eigenvalue weighted by Gasteiger charge is 2.42. The first kappa shape index (κ1) is 89.1. The minimum atomic E-state index is -1.98. The van der Waals surface area contributed by atoms with Crippen LogP contribution < -0.4 is 64.1 Å². The largest absolute Gasteiger partial charge is 0.508 e. The second-order valence-corrected chi connectivity index (χ2v) is 28.1. The molecule has 2 bridgehead atoms. The third-order valence-corrected chi connectivity index (χ3v) is 18.9. The van der Waals surface area contributed by atoms with Gasteiger partial charge in [0.2, 0.25) is 65.0 Å². The van der Waals surface area contributed by atoms with Crippen molar-refractivity contribution in [3.05, 3.63) is 59.7 Å². The van der Waals surface area contributed by atoms with Crippen LogP contribution in [0.25, 0.3) is 0 Å². The van der Waals surface area contributed by atoms with Crippen molar-refractivity contribution in [1.82, 2.24) is 52.8 Å². The number of aliphatic hydroxyl groups excluding tert-OH is 2. The number of aromatic hydroxyl groups is 1.